The van der Waals surface area contributed by atoms with Gasteiger partial charge in [0.1, 0.15) is 0 Å². The molecule has 0 atom stereocenters. The molecule has 0 unspecified atom stereocenters. The van der Waals surface area contributed by atoms with E-state index >= 15 is 0 Å². The minimum atomic E-state index is -0.308. The number of rotatable bonds is 4. The summed E-state index contributed by atoms with van der Waals surface area (Å²) in [6, 6.07) is -0.000214. The maximum atomic E-state index is 12.3. The van der Waals surface area contributed by atoms with Gasteiger partial charge in [0.15, 0.2) is 0 Å². The van der Waals surface area contributed by atoms with E-state index in [1.807, 2.05) is 39.5 Å². The number of carbonyl (C=O) groups excluding carboxylic acids is 1. The van der Waals surface area contributed by atoms with Gasteiger partial charge in [-0.05, 0) is 41.0 Å². The van der Waals surface area contributed by atoms with Gasteiger partial charge in [-0.25, -0.2) is 9.78 Å². The zero-order chi connectivity index (χ0) is 16.4. The number of amides is 2. The molecule has 1 N–H and O–H groups in total. The van der Waals surface area contributed by atoms with E-state index in [2.05, 4.69) is 15.7 Å². The second kappa shape index (κ2) is 6.54. The Morgan fingerprint density at radius 2 is 2.00 bits per heavy atom. The first-order chi connectivity index (χ1) is 10.2. The zero-order valence-electron chi connectivity index (χ0n) is 14.2. The first-order valence-electron chi connectivity index (χ1n) is 7.81. The molecule has 22 heavy (non-hydrogen) atoms. The number of aromatic nitrogens is 1. The number of aryl methyl sites for hydroxylation is 2. The van der Waals surface area contributed by atoms with Crippen molar-refractivity contribution in [3.05, 3.63) is 16.1 Å². The number of morpholine rings is 1. The minimum absolute atomic E-state index is 0.000214. The summed E-state index contributed by atoms with van der Waals surface area (Å²) in [6.07, 6.45) is 1.83. The van der Waals surface area contributed by atoms with E-state index < -0.39 is 0 Å². The molecule has 5 nitrogen and oxygen atoms in total. The van der Waals surface area contributed by atoms with E-state index in [0.29, 0.717) is 19.6 Å². The molecule has 0 aromatic carbocycles. The maximum Gasteiger partial charge on any atom is 0.317 e. The third-order valence-corrected chi connectivity index (χ3v) is 4.52. The number of carbonyl (C=O) groups is 1. The van der Waals surface area contributed by atoms with Crippen LogP contribution in [0.5, 0.6) is 0 Å². The summed E-state index contributed by atoms with van der Waals surface area (Å²) in [5, 5.41) is 6.21. The second-order valence-corrected chi connectivity index (χ2v) is 8.14. The molecule has 1 aliphatic rings. The Kier molecular flexibility index (Phi) is 5.12. The third kappa shape index (κ3) is 4.95. The van der Waals surface area contributed by atoms with Crippen LogP contribution in [0.25, 0.3) is 0 Å². The number of ether oxygens (including phenoxy) is 1. The lowest BCUT2D eigenvalue weighted by Crippen LogP contribution is -2.60. The van der Waals surface area contributed by atoms with Crippen molar-refractivity contribution < 1.29 is 9.53 Å². The van der Waals surface area contributed by atoms with Crippen LogP contribution in [0.3, 0.4) is 0 Å². The number of urea groups is 1. The predicted molar refractivity (Wildman–Crippen MR) is 89.4 cm³/mol. The van der Waals surface area contributed by atoms with Gasteiger partial charge in [-0.3, -0.25) is 0 Å². The number of thiazole rings is 1. The van der Waals surface area contributed by atoms with E-state index in [-0.39, 0.29) is 17.2 Å². The lowest BCUT2D eigenvalue weighted by molar-refractivity contribution is -0.170. The normalized spacial score (nSPS) is 20.0. The fourth-order valence-electron chi connectivity index (χ4n) is 3.00. The van der Waals surface area contributed by atoms with Crippen molar-refractivity contribution in [3.8, 4) is 0 Å². The monoisotopic (exact) mass is 325 g/mol. The minimum Gasteiger partial charge on any atom is -0.366 e. The van der Waals surface area contributed by atoms with Crippen molar-refractivity contribution in [3.63, 3.8) is 0 Å². The van der Waals surface area contributed by atoms with Crippen LogP contribution in [-0.2, 0) is 11.2 Å². The Hall–Kier alpha value is -1.14. The first-order valence-corrected chi connectivity index (χ1v) is 8.69. The van der Waals surface area contributed by atoms with Gasteiger partial charge in [0.05, 0.1) is 29.3 Å². The molecule has 2 heterocycles. The molecule has 0 spiro atoms. The molecular weight excluding hydrogens is 298 g/mol. The fraction of sp³-hybridized carbons (Fsp3) is 0.750. The van der Waals surface area contributed by atoms with Gasteiger partial charge in [0.2, 0.25) is 0 Å². The van der Waals surface area contributed by atoms with Gasteiger partial charge in [0.25, 0.3) is 0 Å². The highest BCUT2D eigenvalue weighted by molar-refractivity contribution is 7.09. The smallest absolute Gasteiger partial charge is 0.317 e. The highest BCUT2D eigenvalue weighted by atomic mass is 32.1. The summed E-state index contributed by atoms with van der Waals surface area (Å²) < 4.78 is 6.00. The van der Waals surface area contributed by atoms with Crippen LogP contribution in [0.15, 0.2) is 5.38 Å². The Bertz CT molecular complexity index is 509. The molecule has 1 aliphatic heterocycles. The summed E-state index contributed by atoms with van der Waals surface area (Å²) in [4.78, 5) is 18.6. The number of hydrogen-bond acceptors (Lipinski definition) is 4. The van der Waals surface area contributed by atoms with Gasteiger partial charge < -0.3 is 15.0 Å². The van der Waals surface area contributed by atoms with Crippen LogP contribution < -0.4 is 5.32 Å². The van der Waals surface area contributed by atoms with Gasteiger partial charge in [-0.1, -0.05) is 0 Å². The van der Waals surface area contributed by atoms with Crippen LogP contribution in [0.2, 0.25) is 0 Å². The predicted octanol–water partition coefficient (Wildman–Crippen LogP) is 2.98. The molecule has 0 saturated carbocycles. The molecule has 6 heteroatoms. The summed E-state index contributed by atoms with van der Waals surface area (Å²) in [5.74, 6) is 0. The van der Waals surface area contributed by atoms with Crippen molar-refractivity contribution in [1.29, 1.82) is 0 Å². The van der Waals surface area contributed by atoms with Gasteiger partial charge in [-0.2, -0.15) is 0 Å². The van der Waals surface area contributed by atoms with E-state index in [9.17, 15) is 4.79 Å². The van der Waals surface area contributed by atoms with Gasteiger partial charge in [-0.15, -0.1) is 11.3 Å². The fourth-order valence-corrected chi connectivity index (χ4v) is 3.81. The van der Waals surface area contributed by atoms with Gasteiger partial charge in [0, 0.05) is 24.0 Å². The molecule has 2 rings (SSSR count). The van der Waals surface area contributed by atoms with Crippen LogP contribution in [0.4, 0.5) is 4.79 Å². The Balaban J connectivity index is 1.77. The summed E-state index contributed by atoms with van der Waals surface area (Å²) in [7, 11) is 0. The molecule has 124 valence electrons. The maximum absolute atomic E-state index is 12.3. The molecular formula is C16H27N3O2S. The van der Waals surface area contributed by atoms with Gasteiger partial charge >= 0.3 is 6.03 Å². The average molecular weight is 325 g/mol. The van der Waals surface area contributed by atoms with Crippen LogP contribution in [0, 0.1) is 6.92 Å². The lowest BCUT2D eigenvalue weighted by atomic mass is 9.99. The van der Waals surface area contributed by atoms with E-state index in [0.717, 1.165) is 23.5 Å². The van der Waals surface area contributed by atoms with E-state index in [4.69, 9.17) is 4.74 Å². The number of nitrogens with one attached hydrogen (secondary N) is 1. The van der Waals surface area contributed by atoms with Crippen molar-refractivity contribution >= 4 is 17.4 Å². The Morgan fingerprint density at radius 3 is 2.55 bits per heavy atom. The average Bonchev–Trinajstić information content (AvgIpc) is 2.76. The second-order valence-electron chi connectivity index (χ2n) is 7.20. The third-order valence-electron chi connectivity index (χ3n) is 3.49. The van der Waals surface area contributed by atoms with E-state index in [1.54, 1.807) is 11.3 Å². The van der Waals surface area contributed by atoms with Crippen molar-refractivity contribution in [1.82, 2.24) is 15.2 Å². The molecule has 2 amide bonds. The number of nitrogens with zero attached hydrogens (tertiary/aromatic N) is 2. The Morgan fingerprint density at radius 1 is 1.36 bits per heavy atom. The molecule has 1 aromatic rings. The zero-order valence-corrected chi connectivity index (χ0v) is 15.0. The van der Waals surface area contributed by atoms with Crippen molar-refractivity contribution in [2.75, 3.05) is 19.6 Å². The van der Waals surface area contributed by atoms with Crippen molar-refractivity contribution in [2.45, 2.75) is 58.7 Å². The summed E-state index contributed by atoms with van der Waals surface area (Å²) >= 11 is 1.69. The molecule has 0 aliphatic carbocycles. The molecule has 0 bridgehead atoms. The quantitative estimate of drug-likeness (QED) is 0.866. The first kappa shape index (κ1) is 17.2. The highest BCUT2D eigenvalue weighted by Gasteiger charge is 2.39. The Labute approximate surface area is 137 Å². The standard InChI is InChI=1S/C16H27N3O2S/c1-12-9-22-13(18-12)7-6-8-17-14(20)19-10-15(2,3)21-16(4,5)11-19/h9H,6-8,10-11H2,1-5H3,(H,17,20). The van der Waals surface area contributed by atoms with Crippen LogP contribution >= 0.6 is 11.3 Å². The SMILES string of the molecule is Cc1csc(CCCNC(=O)N2CC(C)(C)OC(C)(C)C2)n1. The molecule has 0 radical (unpaired) electrons. The summed E-state index contributed by atoms with van der Waals surface area (Å²) in [5.41, 5.74) is 0.455. The molecule has 1 aromatic heterocycles. The summed E-state index contributed by atoms with van der Waals surface area (Å²) in [6.45, 7) is 12.0. The molecule has 1 saturated heterocycles. The highest BCUT2D eigenvalue weighted by Crippen LogP contribution is 2.27. The van der Waals surface area contributed by atoms with Crippen molar-refractivity contribution in [2.24, 2.45) is 0 Å². The number of hydrogen-bond donors (Lipinski definition) is 1. The topological polar surface area (TPSA) is 54.5 Å². The molecule has 1 fully saturated rings. The van der Waals surface area contributed by atoms with E-state index in [1.165, 1.54) is 0 Å². The lowest BCUT2D eigenvalue weighted by Gasteiger charge is -2.47. The van der Waals surface area contributed by atoms with Crippen LogP contribution in [0.1, 0.15) is 44.8 Å². The van der Waals surface area contributed by atoms with Crippen LogP contribution in [-0.4, -0.2) is 46.8 Å². The largest absolute Gasteiger partial charge is 0.366 e.